The average molecular weight is 245 g/mol. The number of nitrogens with one attached hydrogen (secondary N) is 1. The van der Waals surface area contributed by atoms with E-state index in [4.69, 9.17) is 16.6 Å². The molecule has 6 heteroatoms. The van der Waals surface area contributed by atoms with E-state index in [0.29, 0.717) is 12.5 Å². The summed E-state index contributed by atoms with van der Waals surface area (Å²) in [6.45, 7) is 4.45. The second-order valence-electron chi connectivity index (χ2n) is 4.68. The number of carbonyl (C=O) groups excluding carboxylic acids is 1. The summed E-state index contributed by atoms with van der Waals surface area (Å²) in [5.74, 6) is -0.861. The molecule has 0 saturated carbocycles. The van der Waals surface area contributed by atoms with Crippen molar-refractivity contribution in [2.24, 2.45) is 23.3 Å². The molecule has 0 aromatic heterocycles. The first-order chi connectivity index (χ1) is 7.86. The van der Waals surface area contributed by atoms with Crippen molar-refractivity contribution in [3.8, 4) is 0 Å². The highest BCUT2D eigenvalue weighted by Crippen LogP contribution is 2.14. The first kappa shape index (κ1) is 15.9. The van der Waals surface area contributed by atoms with Crippen LogP contribution < -0.4 is 16.8 Å². The minimum absolute atomic E-state index is 0.0519. The standard InChI is InChI=1S/C11H23N3O3/c1-7(2)3-8(4-10(15)16)6-14-11(17)9(13)5-12/h7-9H,3-6,12-13H2,1-2H3,(H,14,17)(H,15,16)/t8-,9?/m0/s1. The van der Waals surface area contributed by atoms with Gasteiger partial charge in [0.15, 0.2) is 0 Å². The Morgan fingerprint density at radius 1 is 1.35 bits per heavy atom. The van der Waals surface area contributed by atoms with Crippen molar-refractivity contribution in [1.82, 2.24) is 5.32 Å². The van der Waals surface area contributed by atoms with Gasteiger partial charge in [-0.1, -0.05) is 13.8 Å². The lowest BCUT2D eigenvalue weighted by Gasteiger charge is -2.19. The molecular formula is C11H23N3O3. The maximum Gasteiger partial charge on any atom is 0.303 e. The molecule has 0 aromatic carbocycles. The van der Waals surface area contributed by atoms with Gasteiger partial charge in [0.2, 0.25) is 5.91 Å². The summed E-state index contributed by atoms with van der Waals surface area (Å²) in [6, 6.07) is -0.723. The molecule has 0 aromatic rings. The van der Waals surface area contributed by atoms with Crippen molar-refractivity contribution in [1.29, 1.82) is 0 Å². The number of carbonyl (C=O) groups is 2. The lowest BCUT2D eigenvalue weighted by molar-refractivity contribution is -0.138. The van der Waals surface area contributed by atoms with Gasteiger partial charge in [-0.2, -0.15) is 0 Å². The molecule has 0 aliphatic rings. The number of hydrogen-bond acceptors (Lipinski definition) is 4. The van der Waals surface area contributed by atoms with Crippen LogP contribution in [-0.4, -0.2) is 36.1 Å². The first-order valence-corrected chi connectivity index (χ1v) is 5.82. The summed E-state index contributed by atoms with van der Waals surface area (Å²) in [4.78, 5) is 22.1. The Labute approximate surface area is 102 Å². The van der Waals surface area contributed by atoms with Crippen LogP contribution >= 0.6 is 0 Å². The highest BCUT2D eigenvalue weighted by Gasteiger charge is 2.17. The molecule has 1 amide bonds. The second-order valence-corrected chi connectivity index (χ2v) is 4.68. The van der Waals surface area contributed by atoms with Crippen LogP contribution in [0.5, 0.6) is 0 Å². The van der Waals surface area contributed by atoms with Gasteiger partial charge in [0.05, 0.1) is 6.04 Å². The minimum atomic E-state index is -0.854. The van der Waals surface area contributed by atoms with Crippen molar-refractivity contribution in [3.05, 3.63) is 0 Å². The van der Waals surface area contributed by atoms with Gasteiger partial charge in [-0.3, -0.25) is 9.59 Å². The summed E-state index contributed by atoms with van der Waals surface area (Å²) in [7, 11) is 0. The van der Waals surface area contributed by atoms with E-state index in [2.05, 4.69) is 5.32 Å². The van der Waals surface area contributed by atoms with E-state index < -0.39 is 12.0 Å². The fourth-order valence-electron chi connectivity index (χ4n) is 1.64. The summed E-state index contributed by atoms with van der Waals surface area (Å²) in [5.41, 5.74) is 10.7. The normalized spacial score (nSPS) is 14.4. The van der Waals surface area contributed by atoms with E-state index in [1.54, 1.807) is 0 Å². The maximum atomic E-state index is 11.4. The lowest BCUT2D eigenvalue weighted by atomic mass is 9.94. The molecule has 0 aliphatic carbocycles. The van der Waals surface area contributed by atoms with E-state index >= 15 is 0 Å². The second kappa shape index (κ2) is 8.03. The van der Waals surface area contributed by atoms with Crippen LogP contribution in [0, 0.1) is 11.8 Å². The fraction of sp³-hybridized carbons (Fsp3) is 0.818. The van der Waals surface area contributed by atoms with Crippen molar-refractivity contribution in [2.75, 3.05) is 13.1 Å². The predicted molar refractivity (Wildman–Crippen MR) is 65.2 cm³/mol. The number of carboxylic acid groups (broad SMARTS) is 1. The molecule has 0 radical (unpaired) electrons. The zero-order valence-electron chi connectivity index (χ0n) is 10.5. The number of amides is 1. The monoisotopic (exact) mass is 245 g/mol. The summed E-state index contributed by atoms with van der Waals surface area (Å²) < 4.78 is 0. The van der Waals surface area contributed by atoms with Crippen LogP contribution in [0.15, 0.2) is 0 Å². The van der Waals surface area contributed by atoms with Crippen LogP contribution in [0.2, 0.25) is 0 Å². The van der Waals surface area contributed by atoms with Gasteiger partial charge < -0.3 is 21.9 Å². The van der Waals surface area contributed by atoms with E-state index in [1.165, 1.54) is 0 Å². The van der Waals surface area contributed by atoms with Crippen LogP contribution in [0.25, 0.3) is 0 Å². The molecule has 6 nitrogen and oxygen atoms in total. The number of rotatable bonds is 8. The zero-order chi connectivity index (χ0) is 13.4. The van der Waals surface area contributed by atoms with Gasteiger partial charge in [-0.15, -0.1) is 0 Å². The quantitative estimate of drug-likeness (QED) is 0.461. The molecule has 0 saturated heterocycles. The zero-order valence-corrected chi connectivity index (χ0v) is 10.5. The van der Waals surface area contributed by atoms with Crippen LogP contribution in [0.4, 0.5) is 0 Å². The molecule has 0 fully saturated rings. The van der Waals surface area contributed by atoms with Gasteiger partial charge >= 0.3 is 5.97 Å². The van der Waals surface area contributed by atoms with Gasteiger partial charge in [0.1, 0.15) is 0 Å². The topological polar surface area (TPSA) is 118 Å². The van der Waals surface area contributed by atoms with E-state index in [-0.39, 0.29) is 24.8 Å². The van der Waals surface area contributed by atoms with Crippen molar-refractivity contribution in [3.63, 3.8) is 0 Å². The third-order valence-electron chi connectivity index (χ3n) is 2.42. The molecule has 1 unspecified atom stereocenters. The molecule has 17 heavy (non-hydrogen) atoms. The van der Waals surface area contributed by atoms with E-state index in [1.807, 2.05) is 13.8 Å². The molecular weight excluding hydrogens is 222 g/mol. The maximum absolute atomic E-state index is 11.4. The molecule has 6 N–H and O–H groups in total. The van der Waals surface area contributed by atoms with Gasteiger partial charge in [0.25, 0.3) is 0 Å². The number of carboxylic acids is 1. The Morgan fingerprint density at radius 3 is 2.35 bits per heavy atom. The van der Waals surface area contributed by atoms with Crippen LogP contribution in [0.3, 0.4) is 0 Å². The van der Waals surface area contributed by atoms with Crippen molar-refractivity contribution in [2.45, 2.75) is 32.7 Å². The number of nitrogens with two attached hydrogens (primary N) is 2. The Hall–Kier alpha value is -1.14. The van der Waals surface area contributed by atoms with E-state index in [0.717, 1.165) is 6.42 Å². The SMILES string of the molecule is CC(C)C[C@H](CNC(=O)C(N)CN)CC(=O)O. The Morgan fingerprint density at radius 2 is 1.94 bits per heavy atom. The molecule has 0 aliphatic heterocycles. The Balaban J connectivity index is 4.15. The molecule has 0 rings (SSSR count). The smallest absolute Gasteiger partial charge is 0.303 e. The molecule has 0 spiro atoms. The van der Waals surface area contributed by atoms with Crippen LogP contribution in [0.1, 0.15) is 26.7 Å². The van der Waals surface area contributed by atoms with Gasteiger partial charge in [-0.25, -0.2) is 0 Å². The molecule has 0 bridgehead atoms. The largest absolute Gasteiger partial charge is 0.481 e. The number of aliphatic carboxylic acids is 1. The van der Waals surface area contributed by atoms with E-state index in [9.17, 15) is 9.59 Å². The average Bonchev–Trinajstić information content (AvgIpc) is 2.22. The third kappa shape index (κ3) is 7.70. The summed E-state index contributed by atoms with van der Waals surface area (Å²) in [6.07, 6.45) is 0.806. The highest BCUT2D eigenvalue weighted by molar-refractivity contribution is 5.81. The van der Waals surface area contributed by atoms with Crippen molar-refractivity contribution < 1.29 is 14.7 Å². The lowest BCUT2D eigenvalue weighted by Crippen LogP contribution is -2.46. The minimum Gasteiger partial charge on any atom is -0.481 e. The number of hydrogen-bond donors (Lipinski definition) is 4. The predicted octanol–water partition coefficient (Wildman–Crippen LogP) is -0.474. The molecule has 2 atom stereocenters. The first-order valence-electron chi connectivity index (χ1n) is 5.82. The van der Waals surface area contributed by atoms with Crippen molar-refractivity contribution >= 4 is 11.9 Å². The Bertz CT molecular complexity index is 256. The fourth-order valence-corrected chi connectivity index (χ4v) is 1.64. The molecule has 100 valence electrons. The summed E-state index contributed by atoms with van der Waals surface area (Å²) in [5, 5.41) is 11.4. The van der Waals surface area contributed by atoms with Gasteiger partial charge in [0, 0.05) is 19.5 Å². The van der Waals surface area contributed by atoms with Crippen LogP contribution in [-0.2, 0) is 9.59 Å². The summed E-state index contributed by atoms with van der Waals surface area (Å²) >= 11 is 0. The third-order valence-corrected chi connectivity index (χ3v) is 2.42. The Kier molecular flexibility index (Phi) is 7.49. The van der Waals surface area contributed by atoms with Gasteiger partial charge in [-0.05, 0) is 18.3 Å². The molecule has 0 heterocycles. The highest BCUT2D eigenvalue weighted by atomic mass is 16.4.